The van der Waals surface area contributed by atoms with Crippen LogP contribution in [0.5, 0.6) is 11.5 Å². The molecule has 0 saturated heterocycles. The predicted molar refractivity (Wildman–Crippen MR) is 151 cm³/mol. The highest BCUT2D eigenvalue weighted by Gasteiger charge is 2.11. The van der Waals surface area contributed by atoms with Gasteiger partial charge < -0.3 is 9.47 Å². The highest BCUT2D eigenvalue weighted by atomic mass is 16.5. The summed E-state index contributed by atoms with van der Waals surface area (Å²) in [4.78, 5) is 0. The lowest BCUT2D eigenvalue weighted by molar-refractivity contribution is 0.295. The molecule has 0 amide bonds. The number of hydrogen-bond acceptors (Lipinski definition) is 2. The number of hydrogen-bond donors (Lipinski definition) is 0. The summed E-state index contributed by atoms with van der Waals surface area (Å²) in [5.74, 6) is 14.8. The van der Waals surface area contributed by atoms with E-state index in [-0.39, 0.29) is 0 Å². The van der Waals surface area contributed by atoms with E-state index in [1.54, 1.807) is 0 Å². The van der Waals surface area contributed by atoms with Crippen molar-refractivity contribution in [2.24, 2.45) is 0 Å². The maximum atomic E-state index is 6.25. The zero-order chi connectivity index (χ0) is 25.3. The van der Waals surface area contributed by atoms with Crippen molar-refractivity contribution in [2.75, 3.05) is 13.2 Å². The zero-order valence-corrected chi connectivity index (χ0v) is 21.8. The van der Waals surface area contributed by atoms with Crippen LogP contribution in [0.2, 0.25) is 0 Å². The van der Waals surface area contributed by atoms with E-state index in [1.165, 1.54) is 38.5 Å². The maximum absolute atomic E-state index is 6.25. The van der Waals surface area contributed by atoms with E-state index < -0.39 is 0 Å². The molecule has 0 saturated carbocycles. The van der Waals surface area contributed by atoms with E-state index in [2.05, 4.69) is 37.5 Å². The molecule has 0 aromatic heterocycles. The molecule has 2 heteroatoms. The summed E-state index contributed by atoms with van der Waals surface area (Å²) in [5.41, 5.74) is 3.62. The number of rotatable bonds is 12. The van der Waals surface area contributed by atoms with Gasteiger partial charge in [0.2, 0.25) is 0 Å². The fourth-order valence-electron chi connectivity index (χ4n) is 3.74. The van der Waals surface area contributed by atoms with Crippen molar-refractivity contribution in [1.29, 1.82) is 0 Å². The summed E-state index contributed by atoms with van der Waals surface area (Å²) in [6.45, 7) is 5.78. The summed E-state index contributed by atoms with van der Waals surface area (Å²) in [6.07, 6.45) is 9.25. The van der Waals surface area contributed by atoms with E-state index in [0.717, 1.165) is 46.6 Å². The molecular formula is C34H38O2. The largest absolute Gasteiger partial charge is 0.492 e. The van der Waals surface area contributed by atoms with Gasteiger partial charge in [-0.2, -0.15) is 0 Å². The lowest BCUT2D eigenvalue weighted by Crippen LogP contribution is -2.03. The molecule has 0 spiro atoms. The first-order valence-corrected chi connectivity index (χ1v) is 13.4. The summed E-state index contributed by atoms with van der Waals surface area (Å²) in [7, 11) is 0. The minimum atomic E-state index is 0.669. The molecule has 0 aliphatic carbocycles. The molecule has 0 bridgehead atoms. The first kappa shape index (κ1) is 27.0. The Balaban J connectivity index is 1.93. The monoisotopic (exact) mass is 478 g/mol. The molecule has 186 valence electrons. The van der Waals surface area contributed by atoms with Gasteiger partial charge in [-0.15, -0.1) is 0 Å². The van der Waals surface area contributed by atoms with Gasteiger partial charge in [-0.3, -0.25) is 0 Å². The molecule has 36 heavy (non-hydrogen) atoms. The van der Waals surface area contributed by atoms with Gasteiger partial charge in [0.25, 0.3) is 0 Å². The van der Waals surface area contributed by atoms with Crippen molar-refractivity contribution >= 4 is 0 Å². The average Bonchev–Trinajstić information content (AvgIpc) is 2.92. The summed E-state index contributed by atoms with van der Waals surface area (Å²) >= 11 is 0. The van der Waals surface area contributed by atoms with E-state index in [1.807, 2.05) is 72.8 Å². The molecular weight excluding hydrogens is 440 g/mol. The number of ether oxygens (including phenoxy) is 2. The second-order valence-electron chi connectivity index (χ2n) is 8.89. The zero-order valence-electron chi connectivity index (χ0n) is 21.8. The number of benzene rings is 3. The van der Waals surface area contributed by atoms with Gasteiger partial charge in [-0.25, -0.2) is 0 Å². The van der Waals surface area contributed by atoms with Gasteiger partial charge in [-0.05, 0) is 37.1 Å². The van der Waals surface area contributed by atoms with Gasteiger partial charge in [0, 0.05) is 23.3 Å². The Kier molecular flexibility index (Phi) is 12.1. The standard InChI is InChI=1S/C34H38O2/c1-3-5-7-15-25-35-33-27-32(24-22-30-19-13-10-14-20-30)34(36-26-16-8-6-4-2)28-31(33)23-21-29-17-11-9-12-18-29/h9-14,17-20,27-28H,3-8,15-16,25-26H2,1-2H3. The molecule has 0 fully saturated rings. The smallest absolute Gasteiger partial charge is 0.136 e. The topological polar surface area (TPSA) is 18.5 Å². The van der Waals surface area contributed by atoms with Crippen molar-refractivity contribution in [3.8, 4) is 35.2 Å². The average molecular weight is 479 g/mol. The number of unbranched alkanes of at least 4 members (excludes halogenated alkanes) is 6. The molecule has 0 aliphatic heterocycles. The van der Waals surface area contributed by atoms with Crippen LogP contribution < -0.4 is 9.47 Å². The van der Waals surface area contributed by atoms with Crippen LogP contribution in [-0.4, -0.2) is 13.2 Å². The summed E-state index contributed by atoms with van der Waals surface area (Å²) < 4.78 is 12.5. The fraction of sp³-hybridized carbons (Fsp3) is 0.353. The minimum Gasteiger partial charge on any atom is -0.492 e. The molecule has 0 N–H and O–H groups in total. The van der Waals surface area contributed by atoms with Gasteiger partial charge in [-0.1, -0.05) is 112 Å². The van der Waals surface area contributed by atoms with Crippen LogP contribution in [-0.2, 0) is 0 Å². The lowest BCUT2D eigenvalue weighted by atomic mass is 10.1. The van der Waals surface area contributed by atoms with Crippen molar-refractivity contribution in [1.82, 2.24) is 0 Å². The Hall–Kier alpha value is -3.62. The summed E-state index contributed by atoms with van der Waals surface area (Å²) in [5, 5.41) is 0. The minimum absolute atomic E-state index is 0.669. The molecule has 0 atom stereocenters. The Morgan fingerprint density at radius 3 is 1.31 bits per heavy atom. The Morgan fingerprint density at radius 2 is 0.917 bits per heavy atom. The van der Waals surface area contributed by atoms with Crippen LogP contribution in [0.25, 0.3) is 0 Å². The van der Waals surface area contributed by atoms with Crippen LogP contribution in [0.15, 0.2) is 72.8 Å². The molecule has 3 aromatic rings. The normalized spacial score (nSPS) is 10.1. The van der Waals surface area contributed by atoms with Crippen LogP contribution in [0, 0.1) is 23.7 Å². The van der Waals surface area contributed by atoms with Crippen LogP contribution in [0.3, 0.4) is 0 Å². The van der Waals surface area contributed by atoms with Gasteiger partial charge in [0.1, 0.15) is 11.5 Å². The van der Waals surface area contributed by atoms with Crippen LogP contribution in [0.4, 0.5) is 0 Å². The molecule has 0 aliphatic rings. The predicted octanol–water partition coefficient (Wildman–Crippen LogP) is 8.40. The molecule has 2 nitrogen and oxygen atoms in total. The quantitative estimate of drug-likeness (QED) is 0.192. The van der Waals surface area contributed by atoms with Gasteiger partial charge in [0.05, 0.1) is 24.3 Å². The van der Waals surface area contributed by atoms with Crippen LogP contribution in [0.1, 0.15) is 87.5 Å². The van der Waals surface area contributed by atoms with Crippen molar-refractivity contribution in [3.05, 3.63) is 95.1 Å². The van der Waals surface area contributed by atoms with Crippen molar-refractivity contribution < 1.29 is 9.47 Å². The molecule has 3 rings (SSSR count). The van der Waals surface area contributed by atoms with E-state index in [9.17, 15) is 0 Å². The highest BCUT2D eigenvalue weighted by molar-refractivity contribution is 5.60. The third kappa shape index (κ3) is 9.56. The second kappa shape index (κ2) is 16.1. The first-order chi connectivity index (χ1) is 17.8. The highest BCUT2D eigenvalue weighted by Crippen LogP contribution is 2.29. The molecule has 0 unspecified atom stereocenters. The van der Waals surface area contributed by atoms with E-state index in [0.29, 0.717) is 13.2 Å². The Morgan fingerprint density at radius 1 is 0.500 bits per heavy atom. The van der Waals surface area contributed by atoms with E-state index >= 15 is 0 Å². The maximum Gasteiger partial charge on any atom is 0.136 e. The molecule has 0 radical (unpaired) electrons. The van der Waals surface area contributed by atoms with E-state index in [4.69, 9.17) is 9.47 Å². The molecule has 3 aromatic carbocycles. The van der Waals surface area contributed by atoms with Gasteiger partial charge in [0.15, 0.2) is 0 Å². The SMILES string of the molecule is CCCCCCOc1cc(C#Cc2ccccc2)c(OCCCCCC)cc1C#Cc1ccccc1. The molecule has 0 heterocycles. The summed E-state index contributed by atoms with van der Waals surface area (Å²) in [6, 6.07) is 24.1. The third-order valence-electron chi connectivity index (χ3n) is 5.82. The van der Waals surface area contributed by atoms with Crippen molar-refractivity contribution in [3.63, 3.8) is 0 Å². The fourth-order valence-corrected chi connectivity index (χ4v) is 3.74. The first-order valence-electron chi connectivity index (χ1n) is 13.4. The van der Waals surface area contributed by atoms with Gasteiger partial charge >= 0.3 is 0 Å². The Bertz CT molecular complexity index is 1060. The van der Waals surface area contributed by atoms with Crippen LogP contribution >= 0.6 is 0 Å². The lowest BCUT2D eigenvalue weighted by Gasteiger charge is -2.14. The Labute approximate surface area is 218 Å². The second-order valence-corrected chi connectivity index (χ2v) is 8.89. The van der Waals surface area contributed by atoms with Crippen molar-refractivity contribution in [2.45, 2.75) is 65.2 Å². The third-order valence-corrected chi connectivity index (χ3v) is 5.82.